The van der Waals surface area contributed by atoms with Gasteiger partial charge in [-0.25, -0.2) is 0 Å². The van der Waals surface area contributed by atoms with Crippen LogP contribution in [-0.2, 0) is 44.9 Å². The van der Waals surface area contributed by atoms with Crippen LogP contribution in [0.3, 0.4) is 0 Å². The van der Waals surface area contributed by atoms with Crippen molar-refractivity contribution < 1.29 is 46.1 Å². The number of hydrogen-bond acceptors (Lipinski definition) is 1. The summed E-state index contributed by atoms with van der Waals surface area (Å²) in [5, 5.41) is 4.56. The standard InChI is InChI=1S/C21H25.C9H7S.C8H8.2ClH.Zr/c1-20(2,3)16-9-7-14-11-15-8-10-17(21(4,5)6)13-19(15)18(14)12-16;1-2-4-8(3-1)9-5-6-10-7-9;1-2-8-6-4-3-5-7-8;;;/h7,9-10,12-13H,11H2,1-6H3;1,3,5-7H,2H2;1,3-7H,2H2;2*1H;/q;;;;;+2/p-2. The molecule has 3 aromatic carbocycles. The molecule has 0 saturated carbocycles. The largest absolute Gasteiger partial charge is 1.00 e. The van der Waals surface area contributed by atoms with Gasteiger partial charge in [-0.05, 0) is 0 Å². The quantitative estimate of drug-likeness (QED) is 0.265. The molecule has 0 bridgehead atoms. The minimum absolute atomic E-state index is 0. The summed E-state index contributed by atoms with van der Waals surface area (Å²) in [7, 11) is 0. The van der Waals surface area contributed by atoms with E-state index in [1.807, 2.05) is 11.3 Å². The minimum Gasteiger partial charge on any atom is -1.00 e. The first-order chi connectivity index (χ1) is 19.1. The Morgan fingerprint density at radius 1 is 0.810 bits per heavy atom. The molecular weight excluding hydrogens is 651 g/mol. The summed E-state index contributed by atoms with van der Waals surface area (Å²) < 4.78 is 6.22. The number of fused-ring (bicyclic) bond motifs is 3. The predicted octanol–water partition coefficient (Wildman–Crippen LogP) is 3.58. The topological polar surface area (TPSA) is 0 Å². The fourth-order valence-corrected chi connectivity index (χ4v) is 14.0. The third-order valence-electron chi connectivity index (χ3n) is 8.51. The van der Waals surface area contributed by atoms with Gasteiger partial charge in [0.1, 0.15) is 0 Å². The third-order valence-corrected chi connectivity index (χ3v) is 16.0. The molecule has 2 aliphatic rings. The molecule has 2 aliphatic carbocycles. The van der Waals surface area contributed by atoms with Crippen LogP contribution in [0.15, 0.2) is 92.9 Å². The number of benzene rings is 3. The molecule has 0 amide bonds. The number of rotatable bonds is 5. The van der Waals surface area contributed by atoms with Crippen molar-refractivity contribution in [3.8, 4) is 11.1 Å². The summed E-state index contributed by atoms with van der Waals surface area (Å²) in [5.74, 6) is 0. The van der Waals surface area contributed by atoms with E-state index in [0.717, 1.165) is 19.3 Å². The van der Waals surface area contributed by atoms with Gasteiger partial charge in [0.2, 0.25) is 0 Å². The molecule has 4 aromatic rings. The summed E-state index contributed by atoms with van der Waals surface area (Å²) in [4.78, 5) is 0. The average Bonchev–Trinajstić information content (AvgIpc) is 3.67. The monoisotopic (exact) mass is 688 g/mol. The minimum atomic E-state index is -2.43. The number of hydrogen-bond donors (Lipinski definition) is 0. The molecule has 6 rings (SSSR count). The maximum absolute atomic E-state index is 2.79. The molecule has 0 radical (unpaired) electrons. The van der Waals surface area contributed by atoms with Crippen LogP contribution in [0.5, 0.6) is 0 Å². The Hall–Kier alpha value is -1.83. The first-order valence-electron chi connectivity index (χ1n) is 14.6. The zero-order chi connectivity index (χ0) is 28.1. The predicted molar refractivity (Wildman–Crippen MR) is 173 cm³/mol. The van der Waals surface area contributed by atoms with E-state index in [0.29, 0.717) is 0 Å². The normalized spacial score (nSPS) is 14.0. The Kier molecular flexibility index (Phi) is 10.3. The van der Waals surface area contributed by atoms with Gasteiger partial charge in [0, 0.05) is 0 Å². The first-order valence-corrected chi connectivity index (χ1v) is 19.4. The Labute approximate surface area is 277 Å². The van der Waals surface area contributed by atoms with E-state index >= 15 is 0 Å². The summed E-state index contributed by atoms with van der Waals surface area (Å²) in [6, 6.07) is 25.9. The maximum Gasteiger partial charge on any atom is -1.00 e. The van der Waals surface area contributed by atoms with Crippen LogP contribution >= 0.6 is 11.3 Å². The van der Waals surface area contributed by atoms with E-state index in [1.54, 1.807) is 12.1 Å². The van der Waals surface area contributed by atoms with Crippen molar-refractivity contribution in [3.63, 3.8) is 0 Å². The molecule has 0 N–H and O–H groups in total. The van der Waals surface area contributed by atoms with Crippen molar-refractivity contribution in [1.82, 2.24) is 0 Å². The molecule has 0 nitrogen and oxygen atoms in total. The smallest absolute Gasteiger partial charge is 1.00 e. The van der Waals surface area contributed by atoms with Crippen molar-refractivity contribution in [2.75, 3.05) is 0 Å². The van der Waals surface area contributed by atoms with Gasteiger partial charge < -0.3 is 24.8 Å². The number of halogens is 2. The number of thiophene rings is 1. The zero-order valence-electron chi connectivity index (χ0n) is 25.5. The van der Waals surface area contributed by atoms with Gasteiger partial charge in [-0.1, -0.05) is 0 Å². The molecule has 216 valence electrons. The molecule has 4 heteroatoms. The average molecular weight is 691 g/mol. The van der Waals surface area contributed by atoms with Crippen molar-refractivity contribution in [2.45, 2.75) is 71.6 Å². The van der Waals surface area contributed by atoms with E-state index in [2.05, 4.69) is 135 Å². The summed E-state index contributed by atoms with van der Waals surface area (Å²) >= 11 is -0.624. The van der Waals surface area contributed by atoms with Crippen LogP contribution in [0.4, 0.5) is 0 Å². The molecule has 42 heavy (non-hydrogen) atoms. The zero-order valence-corrected chi connectivity index (χ0v) is 30.3. The number of allylic oxidation sites excluding steroid dienone is 4. The Bertz CT molecular complexity index is 1660. The van der Waals surface area contributed by atoms with Crippen molar-refractivity contribution in [3.05, 3.63) is 126 Å². The van der Waals surface area contributed by atoms with Crippen LogP contribution in [0.25, 0.3) is 16.7 Å². The Morgan fingerprint density at radius 2 is 1.52 bits per heavy atom. The van der Waals surface area contributed by atoms with E-state index in [-0.39, 0.29) is 35.6 Å². The summed E-state index contributed by atoms with van der Waals surface area (Å²) in [5.41, 5.74) is 13.5. The third kappa shape index (κ3) is 6.63. The van der Waals surface area contributed by atoms with Crippen molar-refractivity contribution in [1.29, 1.82) is 0 Å². The van der Waals surface area contributed by atoms with Gasteiger partial charge in [-0.15, -0.1) is 0 Å². The molecular formula is C38H40Cl2SZr. The van der Waals surface area contributed by atoms with Gasteiger partial charge >= 0.3 is 254 Å². The van der Waals surface area contributed by atoms with Gasteiger partial charge in [0.25, 0.3) is 0 Å². The molecule has 0 spiro atoms. The van der Waals surface area contributed by atoms with Crippen molar-refractivity contribution in [2.24, 2.45) is 0 Å². The van der Waals surface area contributed by atoms with Gasteiger partial charge in [0.15, 0.2) is 0 Å². The Morgan fingerprint density at radius 3 is 2.19 bits per heavy atom. The van der Waals surface area contributed by atoms with Crippen LogP contribution < -0.4 is 28.1 Å². The van der Waals surface area contributed by atoms with Gasteiger partial charge in [-0.3, -0.25) is 0 Å². The molecule has 0 saturated heterocycles. The van der Waals surface area contributed by atoms with Gasteiger partial charge in [-0.2, -0.15) is 0 Å². The fraction of sp³-hybridized carbons (Fsp3) is 0.289. The first kappa shape index (κ1) is 33.1. The molecule has 0 fully saturated rings. The van der Waals surface area contributed by atoms with Crippen LogP contribution in [0.1, 0.15) is 81.3 Å². The van der Waals surface area contributed by atoms with Crippen LogP contribution in [0, 0.1) is 0 Å². The Balaban J connectivity index is 0.00000202. The maximum atomic E-state index is 2.79. The van der Waals surface area contributed by atoms with E-state index < -0.39 is 21.3 Å². The van der Waals surface area contributed by atoms with Crippen molar-refractivity contribution >= 4 is 23.9 Å². The van der Waals surface area contributed by atoms with E-state index in [9.17, 15) is 0 Å². The summed E-state index contributed by atoms with van der Waals surface area (Å²) in [6.45, 7) is 14.1. The molecule has 1 aromatic heterocycles. The molecule has 1 heterocycles. The van der Waals surface area contributed by atoms with Gasteiger partial charge in [0.05, 0.1) is 0 Å². The summed E-state index contributed by atoms with van der Waals surface area (Å²) in [6.07, 6.45) is 8.03. The second-order valence-electron chi connectivity index (χ2n) is 13.4. The molecule has 0 aliphatic heterocycles. The van der Waals surface area contributed by atoms with E-state index in [4.69, 9.17) is 0 Å². The molecule has 0 atom stereocenters. The fourth-order valence-electron chi connectivity index (χ4n) is 6.09. The van der Waals surface area contributed by atoms with Crippen LogP contribution in [0.2, 0.25) is 0 Å². The van der Waals surface area contributed by atoms with Crippen LogP contribution in [-0.4, -0.2) is 3.71 Å². The SMILES string of the molecule is CC(C)(C)c1ccc2c(c1)-c1cc(C(C)(C)C)c[c]([Zr+2](=[CH]Cc3ccccc3)[C]3=C(c4ccsc4)C=CC3)c1C2.[Cl-].[Cl-]. The van der Waals surface area contributed by atoms with E-state index in [1.165, 1.54) is 44.5 Å². The second-order valence-corrected chi connectivity index (χ2v) is 20.0. The molecule has 0 unspecified atom stereocenters. The second kappa shape index (κ2) is 13.0.